The number of anilines is 2. The fourth-order valence-electron chi connectivity index (χ4n) is 2.34. The lowest BCUT2D eigenvalue weighted by molar-refractivity contribution is 0.833. The van der Waals surface area contributed by atoms with E-state index in [1.165, 1.54) is 0 Å². The Bertz CT molecular complexity index is 764. The van der Waals surface area contributed by atoms with Crippen molar-refractivity contribution in [1.29, 1.82) is 0 Å². The highest BCUT2D eigenvalue weighted by atomic mass is 35.5. The zero-order valence-corrected chi connectivity index (χ0v) is 13.6. The Morgan fingerprint density at radius 3 is 2.67 bits per heavy atom. The minimum atomic E-state index is 0.301. The second-order valence-corrected chi connectivity index (χ2v) is 6.53. The molecule has 0 unspecified atom stereocenters. The molecular weight excluding hydrogens is 304 g/mol. The Labute approximate surface area is 132 Å². The van der Waals surface area contributed by atoms with E-state index >= 15 is 0 Å². The molecule has 3 rings (SSSR count). The average Bonchev–Trinajstić information content (AvgIpc) is 2.85. The molecule has 0 aliphatic rings. The molecule has 0 fully saturated rings. The quantitative estimate of drug-likeness (QED) is 0.745. The number of nitrogens with zero attached hydrogens (tertiary/aromatic N) is 3. The maximum atomic E-state index is 6.08. The first-order valence-electron chi connectivity index (χ1n) is 6.71. The van der Waals surface area contributed by atoms with E-state index in [1.807, 2.05) is 25.1 Å². The number of hydrogen-bond donors (Lipinski definition) is 1. The van der Waals surface area contributed by atoms with Crippen LogP contribution in [0.3, 0.4) is 0 Å². The van der Waals surface area contributed by atoms with Gasteiger partial charge < -0.3 is 5.32 Å². The van der Waals surface area contributed by atoms with Gasteiger partial charge in [-0.15, -0.1) is 10.2 Å². The lowest BCUT2D eigenvalue weighted by Gasteiger charge is -2.14. The Hall–Kier alpha value is -1.72. The zero-order chi connectivity index (χ0) is 15.0. The first-order chi connectivity index (χ1) is 10.1. The average molecular weight is 319 g/mol. The van der Waals surface area contributed by atoms with Crippen LogP contribution in [-0.4, -0.2) is 15.2 Å². The van der Waals surface area contributed by atoms with E-state index in [2.05, 4.69) is 40.4 Å². The van der Waals surface area contributed by atoms with Crippen LogP contribution in [0.2, 0.25) is 5.15 Å². The lowest BCUT2D eigenvalue weighted by Crippen LogP contribution is -2.05. The number of rotatable bonds is 3. The van der Waals surface area contributed by atoms with Crippen molar-refractivity contribution >= 4 is 44.1 Å². The number of fused-ring (bicyclic) bond motifs is 1. The molecule has 2 heterocycles. The Balaban J connectivity index is 2.03. The van der Waals surface area contributed by atoms with Gasteiger partial charge in [-0.1, -0.05) is 48.9 Å². The van der Waals surface area contributed by atoms with Crippen molar-refractivity contribution in [1.82, 2.24) is 15.2 Å². The maximum Gasteiger partial charge on any atom is 0.189 e. The normalized spacial score (nSPS) is 11.3. The third-order valence-corrected chi connectivity index (χ3v) is 4.61. The number of para-hydroxylation sites is 1. The third-order valence-electron chi connectivity index (χ3n) is 3.30. The van der Waals surface area contributed by atoms with Gasteiger partial charge in [0, 0.05) is 5.56 Å². The van der Waals surface area contributed by atoms with Gasteiger partial charge in [-0.3, -0.25) is 0 Å². The van der Waals surface area contributed by atoms with Crippen molar-refractivity contribution < 1.29 is 0 Å². The van der Waals surface area contributed by atoms with Crippen molar-refractivity contribution in [3.05, 3.63) is 40.5 Å². The van der Waals surface area contributed by atoms with Gasteiger partial charge in [-0.2, -0.15) is 0 Å². The molecule has 0 spiro atoms. The highest BCUT2D eigenvalue weighted by Crippen LogP contribution is 2.33. The zero-order valence-electron chi connectivity index (χ0n) is 12.0. The van der Waals surface area contributed by atoms with Gasteiger partial charge >= 0.3 is 0 Å². The molecule has 3 aromatic rings. The van der Waals surface area contributed by atoms with Crippen LogP contribution in [-0.2, 0) is 0 Å². The van der Waals surface area contributed by atoms with E-state index < -0.39 is 0 Å². The highest BCUT2D eigenvalue weighted by molar-refractivity contribution is 7.22. The van der Waals surface area contributed by atoms with Crippen LogP contribution in [0.4, 0.5) is 10.9 Å². The van der Waals surface area contributed by atoms with Gasteiger partial charge in [0.25, 0.3) is 0 Å². The van der Waals surface area contributed by atoms with E-state index in [0.29, 0.717) is 11.1 Å². The van der Waals surface area contributed by atoms with Crippen molar-refractivity contribution in [3.63, 3.8) is 0 Å². The Kier molecular flexibility index (Phi) is 3.78. The van der Waals surface area contributed by atoms with E-state index in [9.17, 15) is 0 Å². The van der Waals surface area contributed by atoms with Gasteiger partial charge in [0.1, 0.15) is 0 Å². The number of halogens is 1. The molecule has 0 radical (unpaired) electrons. The standard InChI is InChI=1S/C15H15ClN4S/c1-8(2)12-9(3)13(16)19-20-14(12)18-15-17-10-6-4-5-7-11(10)21-15/h4-8H,1-3H3,(H,17,18,20). The summed E-state index contributed by atoms with van der Waals surface area (Å²) in [5, 5.41) is 12.8. The van der Waals surface area contributed by atoms with Crippen molar-refractivity contribution in [2.75, 3.05) is 5.32 Å². The summed E-state index contributed by atoms with van der Waals surface area (Å²) in [6.07, 6.45) is 0. The first-order valence-corrected chi connectivity index (χ1v) is 7.91. The smallest absolute Gasteiger partial charge is 0.189 e. The van der Waals surface area contributed by atoms with Crippen LogP contribution >= 0.6 is 22.9 Å². The van der Waals surface area contributed by atoms with E-state index in [4.69, 9.17) is 11.6 Å². The molecule has 4 nitrogen and oxygen atoms in total. The molecule has 0 aliphatic carbocycles. The molecule has 0 saturated heterocycles. The predicted molar refractivity (Wildman–Crippen MR) is 88.8 cm³/mol. The third kappa shape index (κ3) is 2.71. The monoisotopic (exact) mass is 318 g/mol. The second-order valence-electron chi connectivity index (χ2n) is 5.14. The maximum absolute atomic E-state index is 6.08. The fourth-order valence-corrected chi connectivity index (χ4v) is 3.34. The molecule has 108 valence electrons. The topological polar surface area (TPSA) is 50.7 Å². The minimum Gasteiger partial charge on any atom is -0.314 e. The van der Waals surface area contributed by atoms with E-state index in [-0.39, 0.29) is 0 Å². The molecule has 1 N–H and O–H groups in total. The lowest BCUT2D eigenvalue weighted by atomic mass is 10.0. The molecular formula is C15H15ClN4S. The molecule has 2 aromatic heterocycles. The summed E-state index contributed by atoms with van der Waals surface area (Å²) in [7, 11) is 0. The highest BCUT2D eigenvalue weighted by Gasteiger charge is 2.16. The summed E-state index contributed by atoms with van der Waals surface area (Å²) in [6, 6.07) is 8.05. The van der Waals surface area contributed by atoms with Crippen LogP contribution in [0.1, 0.15) is 30.9 Å². The van der Waals surface area contributed by atoms with Gasteiger partial charge in [-0.05, 0) is 30.5 Å². The van der Waals surface area contributed by atoms with Gasteiger partial charge in [0.05, 0.1) is 10.2 Å². The van der Waals surface area contributed by atoms with Crippen LogP contribution < -0.4 is 5.32 Å². The van der Waals surface area contributed by atoms with Gasteiger partial charge in [-0.25, -0.2) is 4.98 Å². The van der Waals surface area contributed by atoms with Gasteiger partial charge in [0.2, 0.25) is 0 Å². The Morgan fingerprint density at radius 1 is 1.19 bits per heavy atom. The van der Waals surface area contributed by atoms with Crippen LogP contribution in [0.15, 0.2) is 24.3 Å². The van der Waals surface area contributed by atoms with E-state index in [0.717, 1.165) is 32.3 Å². The number of thiazole rings is 1. The summed E-state index contributed by atoms with van der Waals surface area (Å²) in [4.78, 5) is 4.57. The Morgan fingerprint density at radius 2 is 1.95 bits per heavy atom. The number of aromatic nitrogens is 3. The SMILES string of the molecule is Cc1c(Cl)nnc(Nc2nc3ccccc3s2)c1C(C)C. The number of nitrogens with one attached hydrogen (secondary N) is 1. The number of benzene rings is 1. The molecule has 0 atom stereocenters. The molecule has 0 bridgehead atoms. The summed E-state index contributed by atoms with van der Waals surface area (Å²) in [5.74, 6) is 1.03. The minimum absolute atomic E-state index is 0.301. The molecule has 0 aliphatic heterocycles. The van der Waals surface area contributed by atoms with Crippen molar-refractivity contribution in [2.45, 2.75) is 26.7 Å². The molecule has 6 heteroatoms. The summed E-state index contributed by atoms with van der Waals surface area (Å²) >= 11 is 7.68. The summed E-state index contributed by atoms with van der Waals surface area (Å²) in [5.41, 5.74) is 3.02. The summed E-state index contributed by atoms with van der Waals surface area (Å²) in [6.45, 7) is 6.20. The largest absolute Gasteiger partial charge is 0.314 e. The van der Waals surface area contributed by atoms with Crippen LogP contribution in [0, 0.1) is 6.92 Å². The predicted octanol–water partition coefficient (Wildman–Crippen LogP) is 4.92. The number of hydrogen-bond acceptors (Lipinski definition) is 5. The molecule has 0 amide bonds. The molecule has 21 heavy (non-hydrogen) atoms. The molecule has 1 aromatic carbocycles. The fraction of sp³-hybridized carbons (Fsp3) is 0.267. The second kappa shape index (κ2) is 5.58. The van der Waals surface area contributed by atoms with E-state index in [1.54, 1.807) is 11.3 Å². The van der Waals surface area contributed by atoms with Crippen molar-refractivity contribution in [2.24, 2.45) is 0 Å². The van der Waals surface area contributed by atoms with Gasteiger partial charge in [0.15, 0.2) is 16.1 Å². The molecule has 0 saturated carbocycles. The van der Waals surface area contributed by atoms with Crippen molar-refractivity contribution in [3.8, 4) is 0 Å². The van der Waals surface area contributed by atoms with Crippen LogP contribution in [0.5, 0.6) is 0 Å². The first kappa shape index (κ1) is 14.2. The summed E-state index contributed by atoms with van der Waals surface area (Å²) < 4.78 is 1.14. The van der Waals surface area contributed by atoms with Crippen LogP contribution in [0.25, 0.3) is 10.2 Å².